The lowest BCUT2D eigenvalue weighted by Gasteiger charge is -2.22. The second-order valence-electron chi connectivity index (χ2n) is 3.65. The summed E-state index contributed by atoms with van der Waals surface area (Å²) in [5.41, 5.74) is 1.14. The number of rotatable bonds is 6. The zero-order valence-corrected chi connectivity index (χ0v) is 9.80. The molecule has 2 nitrogen and oxygen atoms in total. The lowest BCUT2D eigenvalue weighted by Crippen LogP contribution is -2.19. The number of carbonyl (C=O) groups excluding carboxylic acids is 1. The minimum atomic E-state index is -0.0439. The van der Waals surface area contributed by atoms with Crippen molar-refractivity contribution in [3.63, 3.8) is 0 Å². The van der Waals surface area contributed by atoms with Gasteiger partial charge in [-0.05, 0) is 12.5 Å². The van der Waals surface area contributed by atoms with E-state index in [2.05, 4.69) is 0 Å². The van der Waals surface area contributed by atoms with Crippen LogP contribution >= 0.6 is 0 Å². The van der Waals surface area contributed by atoms with Crippen molar-refractivity contribution < 1.29 is 9.53 Å². The Bertz CT molecular complexity index is 330. The highest BCUT2D eigenvalue weighted by Gasteiger charge is 2.19. The molecule has 0 aliphatic carbocycles. The van der Waals surface area contributed by atoms with E-state index < -0.39 is 0 Å². The van der Waals surface area contributed by atoms with Crippen molar-refractivity contribution in [2.75, 3.05) is 7.11 Å². The molecule has 1 aromatic carbocycles. The number of hydrogen-bond donors (Lipinski definition) is 0. The van der Waals surface area contributed by atoms with Crippen LogP contribution in [0, 0.1) is 0 Å². The van der Waals surface area contributed by atoms with E-state index >= 15 is 0 Å². The number of ether oxygens (including phenoxy) is 1. The highest BCUT2D eigenvalue weighted by molar-refractivity contribution is 5.52. The fourth-order valence-electron chi connectivity index (χ4n) is 1.83. The zero-order valence-electron chi connectivity index (χ0n) is 9.80. The van der Waals surface area contributed by atoms with Gasteiger partial charge in [0.2, 0.25) is 0 Å². The Labute approximate surface area is 96.9 Å². The summed E-state index contributed by atoms with van der Waals surface area (Å²) in [6.07, 6.45) is 5.33. The monoisotopic (exact) mass is 218 g/mol. The van der Waals surface area contributed by atoms with Crippen LogP contribution in [0.3, 0.4) is 0 Å². The third-order valence-corrected chi connectivity index (χ3v) is 2.63. The zero-order chi connectivity index (χ0) is 11.8. The summed E-state index contributed by atoms with van der Waals surface area (Å²) in [6, 6.07) is 10.00. The van der Waals surface area contributed by atoms with E-state index in [0.717, 1.165) is 11.8 Å². The number of aldehydes is 1. The van der Waals surface area contributed by atoms with Gasteiger partial charge in [0, 0.05) is 19.4 Å². The minimum Gasteiger partial charge on any atom is -0.377 e. The van der Waals surface area contributed by atoms with Gasteiger partial charge in [-0.1, -0.05) is 42.5 Å². The van der Waals surface area contributed by atoms with Gasteiger partial charge in [0.05, 0.1) is 6.10 Å². The standard InChI is InChI=1S/C14H18O2/c1-3-7-14(16-2)13(10-11-15)12-8-5-4-6-9-12/h3-9,11,13-14H,10H2,1-2H3. The molecule has 2 heteroatoms. The molecule has 0 N–H and O–H groups in total. The predicted octanol–water partition coefficient (Wildman–Crippen LogP) is 2.95. The first-order valence-electron chi connectivity index (χ1n) is 5.47. The van der Waals surface area contributed by atoms with Gasteiger partial charge in [-0.25, -0.2) is 0 Å². The van der Waals surface area contributed by atoms with E-state index in [0.29, 0.717) is 6.42 Å². The molecule has 0 aliphatic heterocycles. The van der Waals surface area contributed by atoms with E-state index in [4.69, 9.17) is 4.74 Å². The highest BCUT2D eigenvalue weighted by Crippen LogP contribution is 2.25. The van der Waals surface area contributed by atoms with Crippen LogP contribution in [0.2, 0.25) is 0 Å². The maximum Gasteiger partial charge on any atom is 0.120 e. The van der Waals surface area contributed by atoms with E-state index in [1.54, 1.807) is 7.11 Å². The molecule has 0 spiro atoms. The molecule has 0 saturated carbocycles. The average Bonchev–Trinajstić information content (AvgIpc) is 2.35. The van der Waals surface area contributed by atoms with Crippen LogP contribution in [0.1, 0.15) is 24.8 Å². The molecule has 0 saturated heterocycles. The summed E-state index contributed by atoms with van der Waals surface area (Å²) in [6.45, 7) is 1.95. The van der Waals surface area contributed by atoms with Gasteiger partial charge in [0.25, 0.3) is 0 Å². The molecule has 16 heavy (non-hydrogen) atoms. The molecule has 0 amide bonds. The number of hydrogen-bond acceptors (Lipinski definition) is 2. The maximum absolute atomic E-state index is 10.7. The van der Waals surface area contributed by atoms with Gasteiger partial charge >= 0.3 is 0 Å². The van der Waals surface area contributed by atoms with Crippen molar-refractivity contribution in [1.82, 2.24) is 0 Å². The molecular formula is C14H18O2. The summed E-state index contributed by atoms with van der Waals surface area (Å²) >= 11 is 0. The van der Waals surface area contributed by atoms with Crippen LogP contribution in [0.5, 0.6) is 0 Å². The molecule has 0 aliphatic rings. The van der Waals surface area contributed by atoms with Gasteiger partial charge in [-0.15, -0.1) is 0 Å². The quantitative estimate of drug-likeness (QED) is 0.542. The highest BCUT2D eigenvalue weighted by atomic mass is 16.5. The molecular weight excluding hydrogens is 200 g/mol. The molecule has 1 rings (SSSR count). The van der Waals surface area contributed by atoms with Gasteiger partial charge in [0.15, 0.2) is 0 Å². The van der Waals surface area contributed by atoms with Gasteiger partial charge in [-0.3, -0.25) is 0 Å². The van der Waals surface area contributed by atoms with Crippen molar-refractivity contribution in [2.24, 2.45) is 0 Å². The van der Waals surface area contributed by atoms with E-state index in [1.165, 1.54) is 0 Å². The fourth-order valence-corrected chi connectivity index (χ4v) is 1.83. The number of methoxy groups -OCH3 is 1. The lowest BCUT2D eigenvalue weighted by molar-refractivity contribution is -0.108. The Morgan fingerprint density at radius 3 is 2.50 bits per heavy atom. The Balaban J connectivity index is 2.93. The molecule has 86 valence electrons. The summed E-state index contributed by atoms with van der Waals surface area (Å²) < 4.78 is 5.41. The van der Waals surface area contributed by atoms with Crippen LogP contribution in [-0.4, -0.2) is 19.5 Å². The molecule has 0 fully saturated rings. The summed E-state index contributed by atoms with van der Waals surface area (Å²) in [7, 11) is 1.67. The molecule has 0 heterocycles. The van der Waals surface area contributed by atoms with E-state index in [9.17, 15) is 4.79 Å². The molecule has 2 unspecified atom stereocenters. The topological polar surface area (TPSA) is 26.3 Å². The second kappa shape index (κ2) is 6.96. The third kappa shape index (κ3) is 3.31. The molecule has 0 bridgehead atoms. The molecule has 0 radical (unpaired) electrons. The van der Waals surface area contributed by atoms with Crippen molar-refractivity contribution in [3.05, 3.63) is 48.0 Å². The summed E-state index contributed by atoms with van der Waals surface area (Å²) in [4.78, 5) is 10.7. The van der Waals surface area contributed by atoms with Crippen LogP contribution in [0.15, 0.2) is 42.5 Å². The minimum absolute atomic E-state index is 0.0439. The van der Waals surface area contributed by atoms with E-state index in [1.807, 2.05) is 49.4 Å². The maximum atomic E-state index is 10.7. The summed E-state index contributed by atoms with van der Waals surface area (Å²) in [5, 5.41) is 0. The van der Waals surface area contributed by atoms with Crippen molar-refractivity contribution >= 4 is 6.29 Å². The first-order valence-corrected chi connectivity index (χ1v) is 5.47. The van der Waals surface area contributed by atoms with Crippen molar-refractivity contribution in [3.8, 4) is 0 Å². The Morgan fingerprint density at radius 2 is 2.00 bits per heavy atom. The van der Waals surface area contributed by atoms with Crippen LogP contribution in [0.25, 0.3) is 0 Å². The van der Waals surface area contributed by atoms with Gasteiger partial charge in [0.1, 0.15) is 6.29 Å². The van der Waals surface area contributed by atoms with E-state index in [-0.39, 0.29) is 12.0 Å². The Hall–Kier alpha value is -1.41. The second-order valence-corrected chi connectivity index (χ2v) is 3.65. The normalized spacial score (nSPS) is 14.9. The predicted molar refractivity (Wildman–Crippen MR) is 65.5 cm³/mol. The van der Waals surface area contributed by atoms with Crippen molar-refractivity contribution in [1.29, 1.82) is 0 Å². The SMILES string of the molecule is CC=CC(OC)C(CC=O)c1ccccc1. The molecule has 1 aromatic rings. The first kappa shape index (κ1) is 12.7. The smallest absolute Gasteiger partial charge is 0.120 e. The third-order valence-electron chi connectivity index (χ3n) is 2.63. The number of allylic oxidation sites excluding steroid dienone is 1. The number of carbonyl (C=O) groups is 1. The van der Waals surface area contributed by atoms with Crippen LogP contribution in [-0.2, 0) is 9.53 Å². The molecule has 0 aromatic heterocycles. The van der Waals surface area contributed by atoms with Gasteiger partial charge < -0.3 is 9.53 Å². The Kier molecular flexibility index (Phi) is 5.51. The van der Waals surface area contributed by atoms with Crippen LogP contribution < -0.4 is 0 Å². The van der Waals surface area contributed by atoms with Gasteiger partial charge in [-0.2, -0.15) is 0 Å². The fraction of sp³-hybridized carbons (Fsp3) is 0.357. The van der Waals surface area contributed by atoms with Crippen molar-refractivity contribution in [2.45, 2.75) is 25.4 Å². The first-order chi connectivity index (χ1) is 7.83. The van der Waals surface area contributed by atoms with Crippen LogP contribution in [0.4, 0.5) is 0 Å². The summed E-state index contributed by atoms with van der Waals surface area (Å²) in [5.74, 6) is 0.0971. The lowest BCUT2D eigenvalue weighted by atomic mass is 9.90. The largest absolute Gasteiger partial charge is 0.377 e. The Morgan fingerprint density at radius 1 is 1.31 bits per heavy atom. The molecule has 2 atom stereocenters. The average molecular weight is 218 g/mol. The number of benzene rings is 1.